The van der Waals surface area contributed by atoms with Crippen molar-refractivity contribution >= 4 is 29.5 Å². The first-order chi connectivity index (χ1) is 19.0. The highest BCUT2D eigenvalue weighted by atomic mass is 19.4. The minimum atomic E-state index is -4.80. The number of likely N-dealkylation sites (tertiary alicyclic amines) is 1. The second-order valence-electron chi connectivity index (χ2n) is 9.43. The van der Waals surface area contributed by atoms with Gasteiger partial charge in [-0.15, -0.1) is 13.2 Å². The standard InChI is InChI=1S/C27H29F3N4O6/c1-17(35)33-14-11-21(12-15-33)34-23(18-2-4-19(5-3-18)25(38)31-13-10-24(36)37)16-39-26(34)32-20-6-8-22(9-7-20)40-27(28,29)30/h2-9,21,23H,10-16H2,1H3,(H,31,38)(H,36,37). The first-order valence-corrected chi connectivity index (χ1v) is 12.7. The highest BCUT2D eigenvalue weighted by molar-refractivity contribution is 5.94. The zero-order chi connectivity index (χ0) is 28.9. The molecule has 10 nitrogen and oxygen atoms in total. The first kappa shape index (κ1) is 28.7. The molecule has 40 heavy (non-hydrogen) atoms. The number of ether oxygens (including phenoxy) is 2. The molecule has 0 bridgehead atoms. The third-order valence-electron chi connectivity index (χ3n) is 6.71. The molecule has 0 saturated carbocycles. The minimum Gasteiger partial charge on any atom is -0.481 e. The number of amidine groups is 1. The van der Waals surface area contributed by atoms with Crippen LogP contribution >= 0.6 is 0 Å². The molecule has 214 valence electrons. The topological polar surface area (TPSA) is 121 Å². The Bertz CT molecular complexity index is 1240. The van der Waals surface area contributed by atoms with Gasteiger partial charge in [0.05, 0.1) is 18.2 Å². The molecule has 2 aliphatic rings. The van der Waals surface area contributed by atoms with E-state index in [2.05, 4.69) is 15.0 Å². The molecule has 2 amide bonds. The fourth-order valence-corrected chi connectivity index (χ4v) is 4.73. The summed E-state index contributed by atoms with van der Waals surface area (Å²) in [6.07, 6.45) is -3.64. The van der Waals surface area contributed by atoms with Crippen molar-refractivity contribution < 1.29 is 42.1 Å². The average Bonchev–Trinajstić information content (AvgIpc) is 3.32. The number of rotatable bonds is 8. The van der Waals surface area contributed by atoms with Crippen LogP contribution < -0.4 is 10.1 Å². The Hall–Kier alpha value is -4.29. The molecule has 13 heteroatoms. The molecular weight excluding hydrogens is 533 g/mol. The molecule has 1 unspecified atom stereocenters. The second kappa shape index (κ2) is 12.3. The van der Waals surface area contributed by atoms with Gasteiger partial charge in [0.1, 0.15) is 12.4 Å². The van der Waals surface area contributed by atoms with Crippen molar-refractivity contribution in [1.29, 1.82) is 0 Å². The number of benzene rings is 2. The van der Waals surface area contributed by atoms with Gasteiger partial charge in [-0.1, -0.05) is 12.1 Å². The number of aliphatic imine (C=N–C) groups is 1. The van der Waals surface area contributed by atoms with Crippen molar-refractivity contribution in [2.75, 3.05) is 26.2 Å². The molecule has 2 aromatic rings. The molecule has 2 N–H and O–H groups in total. The fourth-order valence-electron chi connectivity index (χ4n) is 4.73. The number of amides is 2. The van der Waals surface area contributed by atoms with Crippen molar-refractivity contribution in [2.45, 2.75) is 44.6 Å². The number of carboxylic acids is 1. The Morgan fingerprint density at radius 1 is 1.07 bits per heavy atom. The first-order valence-electron chi connectivity index (χ1n) is 12.7. The fraction of sp³-hybridized carbons (Fsp3) is 0.407. The van der Waals surface area contributed by atoms with Crippen LogP contribution in [0.25, 0.3) is 0 Å². The molecule has 4 rings (SSSR count). The summed E-state index contributed by atoms with van der Waals surface area (Å²) in [5.41, 5.74) is 1.62. The molecule has 2 fully saturated rings. The lowest BCUT2D eigenvalue weighted by Crippen LogP contribution is -2.47. The van der Waals surface area contributed by atoms with E-state index in [1.165, 1.54) is 31.2 Å². The SMILES string of the molecule is CC(=O)N1CCC(N2C(=Nc3ccc(OC(F)(F)F)cc3)OCC2c2ccc(C(=O)NCCC(=O)O)cc2)CC1. The normalized spacial score (nSPS) is 18.9. The molecule has 2 aromatic carbocycles. The summed E-state index contributed by atoms with van der Waals surface area (Å²) in [4.78, 5) is 43.2. The van der Waals surface area contributed by atoms with Crippen LogP contribution in [0.15, 0.2) is 53.5 Å². The Morgan fingerprint density at radius 2 is 1.73 bits per heavy atom. The maximum absolute atomic E-state index is 12.5. The number of hydrogen-bond acceptors (Lipinski definition) is 6. The number of aliphatic carboxylic acids is 1. The van der Waals surface area contributed by atoms with Gasteiger partial charge in [0, 0.05) is 38.2 Å². The lowest BCUT2D eigenvalue weighted by Gasteiger charge is -2.38. The van der Waals surface area contributed by atoms with Crippen LogP contribution in [0.1, 0.15) is 48.1 Å². The zero-order valence-electron chi connectivity index (χ0n) is 21.7. The van der Waals surface area contributed by atoms with Crippen LogP contribution in [0.4, 0.5) is 18.9 Å². The molecule has 2 heterocycles. The van der Waals surface area contributed by atoms with E-state index in [4.69, 9.17) is 9.84 Å². The van der Waals surface area contributed by atoms with Gasteiger partial charge in [-0.25, -0.2) is 0 Å². The number of nitrogens with one attached hydrogen (secondary N) is 1. The van der Waals surface area contributed by atoms with Gasteiger partial charge in [-0.3, -0.25) is 14.4 Å². The Labute approximate surface area is 228 Å². The van der Waals surface area contributed by atoms with E-state index in [0.29, 0.717) is 43.2 Å². The Kier molecular flexibility index (Phi) is 8.80. The van der Waals surface area contributed by atoms with E-state index in [1.54, 1.807) is 29.2 Å². The molecule has 2 aliphatic heterocycles. The summed E-state index contributed by atoms with van der Waals surface area (Å²) in [6.45, 7) is 2.93. The van der Waals surface area contributed by atoms with E-state index in [1.807, 2.05) is 4.90 Å². The van der Waals surface area contributed by atoms with Crippen molar-refractivity contribution in [1.82, 2.24) is 15.1 Å². The number of hydrogen-bond donors (Lipinski definition) is 2. The van der Waals surface area contributed by atoms with Gasteiger partial charge in [-0.2, -0.15) is 4.99 Å². The van der Waals surface area contributed by atoms with Crippen LogP contribution in [-0.4, -0.2) is 77.4 Å². The van der Waals surface area contributed by atoms with Crippen molar-refractivity contribution in [3.05, 3.63) is 59.7 Å². The molecule has 0 aliphatic carbocycles. The molecule has 2 saturated heterocycles. The van der Waals surface area contributed by atoms with Gasteiger partial charge >= 0.3 is 12.3 Å². The largest absolute Gasteiger partial charge is 0.573 e. The summed E-state index contributed by atoms with van der Waals surface area (Å²) in [6, 6.07) is 12.1. The van der Waals surface area contributed by atoms with Crippen molar-refractivity contribution in [3.8, 4) is 5.75 Å². The third kappa shape index (κ3) is 7.42. The summed E-state index contributed by atoms with van der Waals surface area (Å²) in [5.74, 6) is -1.75. The number of carbonyl (C=O) groups excluding carboxylic acids is 2. The number of carbonyl (C=O) groups is 3. The van der Waals surface area contributed by atoms with Gasteiger partial charge in [-0.05, 0) is 54.8 Å². The van der Waals surface area contributed by atoms with Crippen LogP contribution in [0.5, 0.6) is 5.75 Å². The van der Waals surface area contributed by atoms with Crippen LogP contribution in [0.3, 0.4) is 0 Å². The average molecular weight is 563 g/mol. The van der Waals surface area contributed by atoms with Gasteiger partial charge in [0.25, 0.3) is 11.9 Å². The molecule has 1 atom stereocenters. The number of carboxylic acid groups (broad SMARTS) is 1. The summed E-state index contributed by atoms with van der Waals surface area (Å²) < 4.78 is 47.5. The Balaban J connectivity index is 1.54. The summed E-state index contributed by atoms with van der Waals surface area (Å²) in [7, 11) is 0. The van der Waals surface area contributed by atoms with E-state index < -0.39 is 12.3 Å². The van der Waals surface area contributed by atoms with Crippen LogP contribution in [-0.2, 0) is 14.3 Å². The molecule has 0 radical (unpaired) electrons. The van der Waals surface area contributed by atoms with Crippen molar-refractivity contribution in [2.24, 2.45) is 4.99 Å². The quantitative estimate of drug-likeness (QED) is 0.501. The Morgan fingerprint density at radius 3 is 2.30 bits per heavy atom. The van der Waals surface area contributed by atoms with E-state index >= 15 is 0 Å². The van der Waals surface area contributed by atoms with Gasteiger partial charge in [0.2, 0.25) is 5.91 Å². The maximum Gasteiger partial charge on any atom is 0.573 e. The minimum absolute atomic E-state index is 0.0000481. The smallest absolute Gasteiger partial charge is 0.481 e. The van der Waals surface area contributed by atoms with E-state index in [9.17, 15) is 27.6 Å². The molecular formula is C27H29F3N4O6. The number of halogens is 3. The molecule has 0 spiro atoms. The maximum atomic E-state index is 12.5. The third-order valence-corrected chi connectivity index (χ3v) is 6.71. The summed E-state index contributed by atoms with van der Waals surface area (Å²) in [5, 5.41) is 11.3. The van der Waals surface area contributed by atoms with E-state index in [0.717, 1.165) is 5.56 Å². The highest BCUT2D eigenvalue weighted by Gasteiger charge is 2.39. The summed E-state index contributed by atoms with van der Waals surface area (Å²) >= 11 is 0. The van der Waals surface area contributed by atoms with Crippen LogP contribution in [0, 0.1) is 0 Å². The monoisotopic (exact) mass is 562 g/mol. The van der Waals surface area contributed by atoms with Crippen molar-refractivity contribution in [3.63, 3.8) is 0 Å². The predicted octanol–water partition coefficient (Wildman–Crippen LogP) is 3.86. The van der Waals surface area contributed by atoms with Gasteiger partial charge < -0.3 is 29.7 Å². The predicted molar refractivity (Wildman–Crippen MR) is 137 cm³/mol. The number of nitrogens with zero attached hydrogens (tertiary/aromatic N) is 3. The number of alkyl halides is 3. The lowest BCUT2D eigenvalue weighted by molar-refractivity contribution is -0.274. The van der Waals surface area contributed by atoms with E-state index in [-0.39, 0.29) is 49.2 Å². The lowest BCUT2D eigenvalue weighted by atomic mass is 9.98. The van der Waals surface area contributed by atoms with Crippen LogP contribution in [0.2, 0.25) is 0 Å². The highest BCUT2D eigenvalue weighted by Crippen LogP contribution is 2.35. The van der Waals surface area contributed by atoms with Gasteiger partial charge in [0.15, 0.2) is 0 Å². The number of piperidine rings is 1. The zero-order valence-corrected chi connectivity index (χ0v) is 21.7. The molecule has 0 aromatic heterocycles. The second-order valence-corrected chi connectivity index (χ2v) is 9.43.